The Hall–Kier alpha value is -0.340. The molecule has 1 atom stereocenters. The Kier molecular flexibility index (Phi) is 10.2. The summed E-state index contributed by atoms with van der Waals surface area (Å²) in [6.45, 7) is 1.35. The molecule has 0 rings (SSSR count). The van der Waals surface area contributed by atoms with E-state index < -0.39 is 16.8 Å². The van der Waals surface area contributed by atoms with Crippen molar-refractivity contribution >= 4 is 18.6 Å². The van der Waals surface area contributed by atoms with Gasteiger partial charge in [-0.15, -0.1) is 12.6 Å². The van der Waals surface area contributed by atoms with E-state index in [0.717, 1.165) is 0 Å². The largest absolute Gasteiger partial charge is 0.479 e. The molecular formula is C8H18O6S. The summed E-state index contributed by atoms with van der Waals surface area (Å²) in [4.78, 5) is 9.37. The summed E-state index contributed by atoms with van der Waals surface area (Å²) in [7, 11) is 0. The lowest BCUT2D eigenvalue weighted by molar-refractivity contribution is -0.141. The van der Waals surface area contributed by atoms with Gasteiger partial charge in [-0.1, -0.05) is 6.92 Å². The number of rotatable bonds is 5. The van der Waals surface area contributed by atoms with Crippen LogP contribution in [0.2, 0.25) is 0 Å². The molecule has 0 saturated heterocycles. The topological polar surface area (TPSA) is 118 Å². The molecule has 0 spiro atoms. The van der Waals surface area contributed by atoms with E-state index in [2.05, 4.69) is 12.6 Å². The molecule has 15 heavy (non-hydrogen) atoms. The summed E-state index contributed by atoms with van der Waals surface area (Å²) in [6.07, 6.45) is 0.594. The molecule has 0 saturated carbocycles. The van der Waals surface area contributed by atoms with E-state index >= 15 is 0 Å². The van der Waals surface area contributed by atoms with Gasteiger partial charge in [-0.2, -0.15) is 0 Å². The highest BCUT2D eigenvalue weighted by Gasteiger charge is 2.24. The van der Waals surface area contributed by atoms with E-state index in [1.165, 1.54) is 0 Å². The fourth-order valence-electron chi connectivity index (χ4n) is 0.485. The van der Waals surface area contributed by atoms with Crippen LogP contribution in [0.15, 0.2) is 0 Å². The summed E-state index contributed by atoms with van der Waals surface area (Å²) in [5, 5.41) is 41.5. The van der Waals surface area contributed by atoms with E-state index in [0.29, 0.717) is 6.42 Å². The quantitative estimate of drug-likeness (QED) is 0.263. The van der Waals surface area contributed by atoms with Crippen LogP contribution in [0.25, 0.3) is 0 Å². The van der Waals surface area contributed by atoms with Crippen molar-refractivity contribution in [3.8, 4) is 0 Å². The van der Waals surface area contributed by atoms with E-state index in [1.807, 2.05) is 6.92 Å². The van der Waals surface area contributed by atoms with Crippen molar-refractivity contribution in [2.24, 2.45) is 5.41 Å². The standard InChI is InChI=1S/C6H14O3.C2H4O3S/c1-2-6(3-7,4-8)5-9;3-1(4)2(5)6/h7-9H,2-5H2,1H3;2,5-6H,(H,3,4). The number of thiol groups is 1. The molecule has 5 N–H and O–H groups in total. The van der Waals surface area contributed by atoms with Crippen molar-refractivity contribution < 1.29 is 30.3 Å². The number of carboxylic acid groups (broad SMARTS) is 1. The summed E-state index contributed by atoms with van der Waals surface area (Å²) in [5.41, 5.74) is -2.20. The molecule has 0 aromatic rings. The Labute approximate surface area is 93.6 Å². The van der Waals surface area contributed by atoms with Gasteiger partial charge in [0, 0.05) is 5.41 Å². The van der Waals surface area contributed by atoms with Crippen LogP contribution in [0.1, 0.15) is 13.3 Å². The minimum atomic E-state index is -1.54. The molecule has 6 nitrogen and oxygen atoms in total. The number of aliphatic hydroxyl groups excluding tert-OH is 4. The Bertz CT molecular complexity index is 151. The molecule has 7 heteroatoms. The molecule has 0 aliphatic carbocycles. The van der Waals surface area contributed by atoms with Crippen molar-refractivity contribution in [3.05, 3.63) is 0 Å². The highest BCUT2D eigenvalue weighted by molar-refractivity contribution is 7.81. The van der Waals surface area contributed by atoms with Gasteiger partial charge in [0.25, 0.3) is 0 Å². The maximum absolute atomic E-state index is 9.37. The van der Waals surface area contributed by atoms with Crippen molar-refractivity contribution in [2.45, 2.75) is 18.8 Å². The number of hydrogen-bond acceptors (Lipinski definition) is 6. The van der Waals surface area contributed by atoms with Crippen molar-refractivity contribution in [1.82, 2.24) is 0 Å². The summed E-state index contributed by atoms with van der Waals surface area (Å²) in [6, 6.07) is 0. The van der Waals surface area contributed by atoms with Crippen molar-refractivity contribution in [1.29, 1.82) is 0 Å². The molecular weight excluding hydrogens is 224 g/mol. The van der Waals surface area contributed by atoms with E-state index in [4.69, 9.17) is 25.5 Å². The third-order valence-electron chi connectivity index (χ3n) is 1.98. The average molecular weight is 242 g/mol. The molecule has 0 fully saturated rings. The molecule has 0 radical (unpaired) electrons. The molecule has 0 aliphatic rings. The van der Waals surface area contributed by atoms with E-state index in [9.17, 15) is 4.79 Å². The molecule has 0 heterocycles. The first kappa shape index (κ1) is 17.1. The molecule has 92 valence electrons. The zero-order valence-corrected chi connectivity index (χ0v) is 9.39. The van der Waals surface area contributed by atoms with Crippen LogP contribution < -0.4 is 0 Å². The average Bonchev–Trinajstić information content (AvgIpc) is 2.23. The van der Waals surface area contributed by atoms with Crippen LogP contribution in [0.5, 0.6) is 0 Å². The monoisotopic (exact) mass is 242 g/mol. The second-order valence-electron chi connectivity index (χ2n) is 3.04. The number of carboxylic acids is 1. The van der Waals surface area contributed by atoms with Crippen LogP contribution in [-0.2, 0) is 4.79 Å². The number of aliphatic carboxylic acids is 1. The fourth-order valence-corrected chi connectivity index (χ4v) is 0.485. The smallest absolute Gasteiger partial charge is 0.342 e. The maximum Gasteiger partial charge on any atom is 0.342 e. The van der Waals surface area contributed by atoms with Gasteiger partial charge in [0.1, 0.15) is 0 Å². The predicted molar refractivity (Wildman–Crippen MR) is 56.6 cm³/mol. The third kappa shape index (κ3) is 7.57. The number of hydrogen-bond donors (Lipinski definition) is 6. The van der Waals surface area contributed by atoms with Crippen LogP contribution >= 0.6 is 12.6 Å². The summed E-state index contributed by atoms with van der Waals surface area (Å²) < 4.78 is 0. The lowest BCUT2D eigenvalue weighted by Gasteiger charge is -2.24. The van der Waals surface area contributed by atoms with Crippen LogP contribution in [0.3, 0.4) is 0 Å². The Balaban J connectivity index is 0. The highest BCUT2D eigenvalue weighted by atomic mass is 32.1. The Morgan fingerprint density at radius 3 is 1.53 bits per heavy atom. The molecule has 1 unspecified atom stereocenters. The van der Waals surface area contributed by atoms with Crippen molar-refractivity contribution in [3.63, 3.8) is 0 Å². The van der Waals surface area contributed by atoms with E-state index in [1.54, 1.807) is 0 Å². The van der Waals surface area contributed by atoms with Crippen LogP contribution in [-0.4, -0.2) is 56.8 Å². The lowest BCUT2D eigenvalue weighted by Crippen LogP contribution is -2.32. The zero-order valence-electron chi connectivity index (χ0n) is 8.50. The van der Waals surface area contributed by atoms with Gasteiger partial charge in [-0.3, -0.25) is 0 Å². The highest BCUT2D eigenvalue weighted by Crippen LogP contribution is 2.18. The van der Waals surface area contributed by atoms with E-state index in [-0.39, 0.29) is 19.8 Å². The first-order valence-corrected chi connectivity index (χ1v) is 4.82. The molecule has 0 amide bonds. The molecule has 0 bridgehead atoms. The van der Waals surface area contributed by atoms with Gasteiger partial charge >= 0.3 is 5.97 Å². The first-order chi connectivity index (χ1) is 6.89. The summed E-state index contributed by atoms with van der Waals surface area (Å²) >= 11 is 3.15. The van der Waals surface area contributed by atoms with Gasteiger partial charge in [-0.05, 0) is 6.42 Å². The SMILES string of the molecule is CCC(CO)(CO)CO.O=C(O)C(O)S. The van der Waals surface area contributed by atoms with Crippen LogP contribution in [0, 0.1) is 5.41 Å². The third-order valence-corrected chi connectivity index (χ3v) is 2.20. The summed E-state index contributed by atoms with van der Waals surface area (Å²) in [5.74, 6) is -1.32. The molecule has 0 aliphatic heterocycles. The second kappa shape index (κ2) is 8.93. The molecule has 0 aromatic carbocycles. The van der Waals surface area contributed by atoms with Gasteiger partial charge in [0.15, 0.2) is 5.44 Å². The van der Waals surface area contributed by atoms with Gasteiger partial charge < -0.3 is 25.5 Å². The van der Waals surface area contributed by atoms with Crippen LogP contribution in [0.4, 0.5) is 0 Å². The maximum atomic E-state index is 9.37. The zero-order chi connectivity index (χ0) is 12.5. The first-order valence-electron chi connectivity index (χ1n) is 4.30. The normalized spacial score (nSPS) is 12.7. The number of carbonyl (C=O) groups is 1. The van der Waals surface area contributed by atoms with Gasteiger partial charge in [0.05, 0.1) is 19.8 Å². The van der Waals surface area contributed by atoms with Gasteiger partial charge in [-0.25, -0.2) is 4.79 Å². The second-order valence-corrected chi connectivity index (χ2v) is 3.53. The van der Waals surface area contributed by atoms with Gasteiger partial charge in [0.2, 0.25) is 0 Å². The lowest BCUT2D eigenvalue weighted by atomic mass is 9.88. The molecule has 0 aromatic heterocycles. The minimum absolute atomic E-state index is 0.156. The predicted octanol–water partition coefficient (Wildman–Crippen LogP) is -1.32. The minimum Gasteiger partial charge on any atom is -0.479 e. The number of aliphatic hydroxyl groups is 4. The Morgan fingerprint density at radius 1 is 1.27 bits per heavy atom. The van der Waals surface area contributed by atoms with Crippen molar-refractivity contribution in [2.75, 3.05) is 19.8 Å². The Morgan fingerprint density at radius 2 is 1.53 bits per heavy atom. The fraction of sp³-hybridized carbons (Fsp3) is 0.875.